The standard InChI is InChI=1S/C28H30N2O2/c1-27(2)16-17-28(3,4)24-18-20(12-15-23(24)27)25(29-21-8-6-5-7-9-21)30-22-13-10-19(11-14-22)26(31)32/h5-15,18H,16-17H2,1-4H3,(H,29,30)(H,31,32). The van der Waals surface area contributed by atoms with Gasteiger partial charge in [0.1, 0.15) is 5.84 Å². The van der Waals surface area contributed by atoms with Crippen molar-refractivity contribution in [1.29, 1.82) is 0 Å². The molecule has 1 aliphatic carbocycles. The topological polar surface area (TPSA) is 61.7 Å². The molecular weight excluding hydrogens is 396 g/mol. The van der Waals surface area contributed by atoms with Crippen molar-refractivity contribution in [3.8, 4) is 0 Å². The van der Waals surface area contributed by atoms with Gasteiger partial charge in [-0.3, -0.25) is 0 Å². The van der Waals surface area contributed by atoms with Crippen molar-refractivity contribution in [2.24, 2.45) is 4.99 Å². The predicted octanol–water partition coefficient (Wildman–Crippen LogP) is 6.92. The van der Waals surface area contributed by atoms with Crippen LogP contribution >= 0.6 is 0 Å². The summed E-state index contributed by atoms with van der Waals surface area (Å²) in [5.41, 5.74) is 5.94. The number of hydrogen-bond donors (Lipinski definition) is 2. The monoisotopic (exact) mass is 426 g/mol. The summed E-state index contributed by atoms with van der Waals surface area (Å²) in [6.07, 6.45) is 2.32. The lowest BCUT2D eigenvalue weighted by atomic mass is 9.63. The number of anilines is 1. The summed E-state index contributed by atoms with van der Waals surface area (Å²) in [7, 11) is 0. The van der Waals surface area contributed by atoms with Gasteiger partial charge in [-0.25, -0.2) is 9.79 Å². The minimum Gasteiger partial charge on any atom is -0.478 e. The van der Waals surface area contributed by atoms with E-state index in [1.54, 1.807) is 24.3 Å². The summed E-state index contributed by atoms with van der Waals surface area (Å²) in [5, 5.41) is 12.7. The van der Waals surface area contributed by atoms with E-state index in [-0.39, 0.29) is 16.4 Å². The fourth-order valence-corrected chi connectivity index (χ4v) is 4.37. The maximum atomic E-state index is 11.2. The van der Waals surface area contributed by atoms with E-state index in [1.165, 1.54) is 17.5 Å². The maximum Gasteiger partial charge on any atom is 0.335 e. The number of aromatic carboxylic acids is 1. The Labute approximate surface area is 190 Å². The van der Waals surface area contributed by atoms with Crippen molar-refractivity contribution in [3.63, 3.8) is 0 Å². The normalized spacial score (nSPS) is 16.8. The van der Waals surface area contributed by atoms with Crippen molar-refractivity contribution in [1.82, 2.24) is 0 Å². The molecule has 0 radical (unpaired) electrons. The van der Waals surface area contributed by atoms with E-state index in [0.29, 0.717) is 5.69 Å². The van der Waals surface area contributed by atoms with Crippen molar-refractivity contribution >= 4 is 23.2 Å². The molecule has 0 fully saturated rings. The fraction of sp³-hybridized carbons (Fsp3) is 0.286. The van der Waals surface area contributed by atoms with E-state index in [0.717, 1.165) is 23.5 Å². The van der Waals surface area contributed by atoms with Crippen LogP contribution in [0.1, 0.15) is 67.6 Å². The van der Waals surface area contributed by atoms with Crippen LogP contribution in [0.5, 0.6) is 0 Å². The highest BCUT2D eigenvalue weighted by molar-refractivity contribution is 6.09. The highest BCUT2D eigenvalue weighted by Crippen LogP contribution is 2.46. The second-order valence-electron chi connectivity index (χ2n) is 9.83. The summed E-state index contributed by atoms with van der Waals surface area (Å²) >= 11 is 0. The van der Waals surface area contributed by atoms with Gasteiger partial charge in [0, 0.05) is 11.3 Å². The number of aliphatic imine (C=N–C) groups is 1. The molecule has 0 bridgehead atoms. The second kappa shape index (κ2) is 8.27. The summed E-state index contributed by atoms with van der Waals surface area (Å²) < 4.78 is 0. The van der Waals surface area contributed by atoms with E-state index in [9.17, 15) is 9.90 Å². The molecule has 4 heteroatoms. The Balaban J connectivity index is 1.81. The Hall–Kier alpha value is -3.40. The fourth-order valence-electron chi connectivity index (χ4n) is 4.37. The largest absolute Gasteiger partial charge is 0.478 e. The summed E-state index contributed by atoms with van der Waals surface area (Å²) in [4.78, 5) is 16.1. The average molecular weight is 427 g/mol. The lowest BCUT2D eigenvalue weighted by molar-refractivity contribution is 0.0697. The molecule has 0 atom stereocenters. The molecule has 3 aromatic rings. The number of benzene rings is 3. The van der Waals surface area contributed by atoms with Crippen LogP contribution in [0.2, 0.25) is 0 Å². The smallest absolute Gasteiger partial charge is 0.335 e. The van der Waals surface area contributed by atoms with E-state index in [1.807, 2.05) is 30.3 Å². The van der Waals surface area contributed by atoms with Crippen LogP contribution in [-0.2, 0) is 10.8 Å². The molecule has 32 heavy (non-hydrogen) atoms. The summed E-state index contributed by atoms with van der Waals surface area (Å²) in [6, 6.07) is 23.3. The van der Waals surface area contributed by atoms with Crippen LogP contribution in [0, 0.1) is 0 Å². The van der Waals surface area contributed by atoms with Gasteiger partial charge in [0.2, 0.25) is 0 Å². The molecule has 4 rings (SSSR count). The van der Waals surface area contributed by atoms with Crippen LogP contribution in [0.25, 0.3) is 0 Å². The van der Waals surface area contributed by atoms with Gasteiger partial charge < -0.3 is 10.4 Å². The van der Waals surface area contributed by atoms with Crippen LogP contribution in [0.15, 0.2) is 77.8 Å². The first kappa shape index (κ1) is 21.8. The van der Waals surface area contributed by atoms with Crippen molar-refractivity contribution in [2.45, 2.75) is 51.4 Å². The van der Waals surface area contributed by atoms with E-state index >= 15 is 0 Å². The van der Waals surface area contributed by atoms with E-state index in [2.05, 4.69) is 51.2 Å². The first-order valence-electron chi connectivity index (χ1n) is 11.1. The molecule has 4 nitrogen and oxygen atoms in total. The SMILES string of the molecule is CC1(C)CCC(C)(C)c2cc(C(=Nc3ccc(C(=O)O)cc3)Nc3ccccc3)ccc21. The average Bonchev–Trinajstić information content (AvgIpc) is 2.77. The minimum absolute atomic E-state index is 0.0991. The first-order chi connectivity index (χ1) is 15.2. The number of carboxylic acid groups (broad SMARTS) is 1. The quantitative estimate of drug-likeness (QED) is 0.351. The van der Waals surface area contributed by atoms with Crippen molar-refractivity contribution in [3.05, 3.63) is 95.1 Å². The van der Waals surface area contributed by atoms with Gasteiger partial charge in [-0.1, -0.05) is 58.0 Å². The van der Waals surface area contributed by atoms with Gasteiger partial charge in [0.05, 0.1) is 11.3 Å². The molecule has 0 spiro atoms. The lowest BCUT2D eigenvalue weighted by Crippen LogP contribution is -2.34. The Kier molecular flexibility index (Phi) is 5.64. The Morgan fingerprint density at radius 3 is 2.03 bits per heavy atom. The molecule has 0 saturated carbocycles. The molecule has 0 saturated heterocycles. The van der Waals surface area contributed by atoms with Crippen LogP contribution in [0.3, 0.4) is 0 Å². The molecule has 0 unspecified atom stereocenters. The molecule has 2 N–H and O–H groups in total. The van der Waals surface area contributed by atoms with E-state index < -0.39 is 5.97 Å². The lowest BCUT2D eigenvalue weighted by Gasteiger charge is -2.42. The molecule has 0 amide bonds. The van der Waals surface area contributed by atoms with Gasteiger partial charge in [-0.15, -0.1) is 0 Å². The number of carboxylic acids is 1. The zero-order valence-corrected chi connectivity index (χ0v) is 19.1. The third-order valence-electron chi connectivity index (χ3n) is 6.52. The predicted molar refractivity (Wildman–Crippen MR) is 131 cm³/mol. The van der Waals surface area contributed by atoms with Gasteiger partial charge in [0.25, 0.3) is 0 Å². The third kappa shape index (κ3) is 4.45. The van der Waals surface area contributed by atoms with Gasteiger partial charge >= 0.3 is 5.97 Å². The van der Waals surface area contributed by atoms with Crippen LogP contribution < -0.4 is 5.32 Å². The highest BCUT2D eigenvalue weighted by atomic mass is 16.4. The molecule has 0 heterocycles. The molecule has 0 aromatic heterocycles. The number of carbonyl (C=O) groups is 1. The number of fused-ring (bicyclic) bond motifs is 1. The Morgan fingerprint density at radius 2 is 1.41 bits per heavy atom. The molecule has 0 aliphatic heterocycles. The zero-order chi connectivity index (χ0) is 22.9. The first-order valence-corrected chi connectivity index (χ1v) is 11.1. The highest BCUT2D eigenvalue weighted by Gasteiger charge is 2.37. The van der Waals surface area contributed by atoms with Crippen molar-refractivity contribution in [2.75, 3.05) is 5.32 Å². The number of para-hydroxylation sites is 1. The van der Waals surface area contributed by atoms with Gasteiger partial charge in [-0.2, -0.15) is 0 Å². The van der Waals surface area contributed by atoms with Gasteiger partial charge in [-0.05, 0) is 77.3 Å². The van der Waals surface area contributed by atoms with Crippen LogP contribution in [-0.4, -0.2) is 16.9 Å². The minimum atomic E-state index is -0.942. The number of nitrogens with one attached hydrogen (secondary N) is 1. The third-order valence-corrected chi connectivity index (χ3v) is 6.52. The summed E-state index contributed by atoms with van der Waals surface area (Å²) in [6.45, 7) is 9.28. The number of nitrogens with zero attached hydrogens (tertiary/aromatic N) is 1. The molecule has 3 aromatic carbocycles. The number of amidine groups is 1. The molecular formula is C28H30N2O2. The molecule has 1 aliphatic rings. The maximum absolute atomic E-state index is 11.2. The van der Waals surface area contributed by atoms with E-state index in [4.69, 9.17) is 4.99 Å². The number of rotatable bonds is 4. The van der Waals surface area contributed by atoms with Crippen LogP contribution in [0.4, 0.5) is 11.4 Å². The molecule has 164 valence electrons. The van der Waals surface area contributed by atoms with Gasteiger partial charge in [0.15, 0.2) is 0 Å². The Morgan fingerprint density at radius 1 is 0.812 bits per heavy atom. The Bertz CT molecular complexity index is 1160. The summed E-state index contributed by atoms with van der Waals surface area (Å²) in [5.74, 6) is -0.205. The van der Waals surface area contributed by atoms with Crippen molar-refractivity contribution < 1.29 is 9.90 Å². The zero-order valence-electron chi connectivity index (χ0n) is 19.1. The second-order valence-corrected chi connectivity index (χ2v) is 9.83. The number of hydrogen-bond acceptors (Lipinski definition) is 2.